The smallest absolute Gasteiger partial charge is 0.224 e. The molecule has 1 amide bonds. The zero-order valence-electron chi connectivity index (χ0n) is 17.6. The monoisotopic (exact) mass is 378 g/mol. The molecule has 5 nitrogen and oxygen atoms in total. The first-order valence-corrected chi connectivity index (χ1v) is 10.8. The van der Waals surface area contributed by atoms with Crippen LogP contribution in [0, 0.1) is 5.41 Å². The first kappa shape index (κ1) is 20.8. The predicted molar refractivity (Wildman–Crippen MR) is 108 cm³/mol. The van der Waals surface area contributed by atoms with E-state index in [0.717, 1.165) is 52.2 Å². The van der Waals surface area contributed by atoms with E-state index in [1.54, 1.807) is 11.1 Å². The number of morpholine rings is 1. The van der Waals surface area contributed by atoms with Gasteiger partial charge >= 0.3 is 0 Å². The van der Waals surface area contributed by atoms with Gasteiger partial charge in [-0.2, -0.15) is 0 Å². The minimum Gasteiger partial charge on any atom is -0.380 e. The highest BCUT2D eigenvalue weighted by Gasteiger charge is 2.31. The van der Waals surface area contributed by atoms with Crippen LogP contribution < -0.4 is 0 Å². The fourth-order valence-corrected chi connectivity index (χ4v) is 4.98. The molecule has 154 valence electrons. The molecular formula is C22H38N2O3. The number of carbonyl (C=O) groups excluding carboxylic acids is 1. The van der Waals surface area contributed by atoms with Crippen LogP contribution in [0.4, 0.5) is 0 Å². The molecule has 0 aromatic carbocycles. The molecule has 1 atom stereocenters. The second-order valence-corrected chi connectivity index (χ2v) is 9.06. The van der Waals surface area contributed by atoms with Crippen LogP contribution >= 0.6 is 0 Å². The van der Waals surface area contributed by atoms with Crippen molar-refractivity contribution < 1.29 is 14.3 Å². The van der Waals surface area contributed by atoms with Crippen LogP contribution in [0.1, 0.15) is 59.3 Å². The summed E-state index contributed by atoms with van der Waals surface area (Å²) in [5.74, 6) is 0.259. The minimum atomic E-state index is 0.211. The topological polar surface area (TPSA) is 42.0 Å². The summed E-state index contributed by atoms with van der Waals surface area (Å²) in [6.07, 6.45) is 6.50. The third kappa shape index (κ3) is 5.55. The highest BCUT2D eigenvalue weighted by atomic mass is 16.5. The van der Waals surface area contributed by atoms with Crippen LogP contribution in [0.3, 0.4) is 0 Å². The predicted octanol–water partition coefficient (Wildman–Crippen LogP) is 3.24. The lowest BCUT2D eigenvalue weighted by atomic mass is 9.71. The lowest BCUT2D eigenvalue weighted by Gasteiger charge is -2.39. The summed E-state index contributed by atoms with van der Waals surface area (Å²) in [6.45, 7) is 13.5. The second kappa shape index (κ2) is 9.53. The average Bonchev–Trinajstić information content (AvgIpc) is 2.91. The Balaban J connectivity index is 1.57. The van der Waals surface area contributed by atoms with Gasteiger partial charge < -0.3 is 14.4 Å². The number of carbonyl (C=O) groups is 1. The molecule has 0 spiro atoms. The summed E-state index contributed by atoms with van der Waals surface area (Å²) in [5, 5.41) is 0. The summed E-state index contributed by atoms with van der Waals surface area (Å²) < 4.78 is 11.2. The highest BCUT2D eigenvalue weighted by Crippen LogP contribution is 2.41. The van der Waals surface area contributed by atoms with E-state index >= 15 is 0 Å². The van der Waals surface area contributed by atoms with Gasteiger partial charge in [0.1, 0.15) is 0 Å². The summed E-state index contributed by atoms with van der Waals surface area (Å²) in [5.41, 5.74) is 3.57. The summed E-state index contributed by atoms with van der Waals surface area (Å²) in [6, 6.07) is 0.211. The molecule has 2 aliphatic heterocycles. The maximum atomic E-state index is 12.8. The molecule has 2 heterocycles. The molecule has 0 N–H and O–H groups in total. The quantitative estimate of drug-likeness (QED) is 0.689. The molecule has 1 aliphatic carbocycles. The zero-order valence-corrected chi connectivity index (χ0v) is 17.6. The number of nitrogens with zero attached hydrogens (tertiary/aromatic N) is 2. The Morgan fingerprint density at radius 1 is 1.11 bits per heavy atom. The van der Waals surface area contributed by atoms with Crippen molar-refractivity contribution in [2.45, 2.75) is 65.3 Å². The van der Waals surface area contributed by atoms with Crippen LogP contribution in [-0.2, 0) is 14.3 Å². The van der Waals surface area contributed by atoms with E-state index in [-0.39, 0.29) is 11.9 Å². The van der Waals surface area contributed by atoms with Crippen molar-refractivity contribution in [3.05, 3.63) is 11.1 Å². The van der Waals surface area contributed by atoms with E-state index in [1.165, 1.54) is 19.3 Å². The van der Waals surface area contributed by atoms with Crippen molar-refractivity contribution in [2.24, 2.45) is 5.41 Å². The SMILES string of the molecule is CC1=C(CCN2CCOC[C@H]2CC(=O)N2CCCOCC2)C(C)(C)CCC1. The van der Waals surface area contributed by atoms with Gasteiger partial charge in [0.25, 0.3) is 0 Å². The van der Waals surface area contributed by atoms with Gasteiger partial charge in [-0.25, -0.2) is 0 Å². The van der Waals surface area contributed by atoms with Crippen molar-refractivity contribution >= 4 is 5.91 Å². The van der Waals surface area contributed by atoms with Gasteiger partial charge in [0.2, 0.25) is 5.91 Å². The van der Waals surface area contributed by atoms with E-state index in [1.807, 2.05) is 4.90 Å². The van der Waals surface area contributed by atoms with Crippen molar-refractivity contribution in [3.63, 3.8) is 0 Å². The van der Waals surface area contributed by atoms with Crippen molar-refractivity contribution in [2.75, 3.05) is 52.6 Å². The molecule has 2 fully saturated rings. The molecule has 27 heavy (non-hydrogen) atoms. The maximum Gasteiger partial charge on any atom is 0.224 e. The second-order valence-electron chi connectivity index (χ2n) is 9.06. The Bertz CT molecular complexity index is 536. The van der Waals surface area contributed by atoms with Gasteiger partial charge in [0.05, 0.1) is 19.8 Å². The Kier molecular flexibility index (Phi) is 7.35. The molecule has 0 aromatic rings. The van der Waals surface area contributed by atoms with E-state index in [0.29, 0.717) is 25.0 Å². The van der Waals surface area contributed by atoms with Crippen LogP contribution in [0.2, 0.25) is 0 Å². The van der Waals surface area contributed by atoms with E-state index in [2.05, 4.69) is 25.7 Å². The first-order chi connectivity index (χ1) is 13.0. The third-order valence-electron chi connectivity index (χ3n) is 6.67. The number of allylic oxidation sites excluding steroid dienone is 1. The molecule has 0 bridgehead atoms. The molecular weight excluding hydrogens is 340 g/mol. The van der Waals surface area contributed by atoms with Crippen molar-refractivity contribution in [1.29, 1.82) is 0 Å². The lowest BCUT2D eigenvalue weighted by molar-refractivity contribution is -0.134. The molecule has 0 unspecified atom stereocenters. The number of ether oxygens (including phenoxy) is 2. The number of hydrogen-bond acceptors (Lipinski definition) is 4. The van der Waals surface area contributed by atoms with Crippen molar-refractivity contribution in [3.8, 4) is 0 Å². The Labute approximate surface area is 165 Å². The first-order valence-electron chi connectivity index (χ1n) is 10.8. The summed E-state index contributed by atoms with van der Waals surface area (Å²) >= 11 is 0. The summed E-state index contributed by atoms with van der Waals surface area (Å²) in [4.78, 5) is 17.3. The van der Waals surface area contributed by atoms with Gasteiger partial charge in [0.15, 0.2) is 0 Å². The third-order valence-corrected chi connectivity index (χ3v) is 6.67. The number of rotatable bonds is 5. The highest BCUT2D eigenvalue weighted by molar-refractivity contribution is 5.76. The van der Waals surface area contributed by atoms with E-state index < -0.39 is 0 Å². The Morgan fingerprint density at radius 3 is 2.74 bits per heavy atom. The van der Waals surface area contributed by atoms with Crippen molar-refractivity contribution in [1.82, 2.24) is 9.80 Å². The van der Waals surface area contributed by atoms with Gasteiger partial charge in [-0.15, -0.1) is 0 Å². The molecule has 3 rings (SSSR count). The standard InChI is InChI=1S/C22H38N2O3/c1-18-6-4-8-22(2,3)20(18)7-10-23-11-15-27-17-19(23)16-21(25)24-9-5-13-26-14-12-24/h19H,4-17H2,1-3H3/t19-/m1/s1. The molecule has 2 saturated heterocycles. The normalized spacial score (nSPS) is 27.5. The maximum absolute atomic E-state index is 12.8. The van der Waals surface area contributed by atoms with Crippen LogP contribution in [0.15, 0.2) is 11.1 Å². The summed E-state index contributed by atoms with van der Waals surface area (Å²) in [7, 11) is 0. The molecule has 0 saturated carbocycles. The van der Waals surface area contributed by atoms with E-state index in [4.69, 9.17) is 9.47 Å². The van der Waals surface area contributed by atoms with Crippen LogP contribution in [0.5, 0.6) is 0 Å². The van der Waals surface area contributed by atoms with E-state index in [9.17, 15) is 4.79 Å². The number of hydrogen-bond donors (Lipinski definition) is 0. The van der Waals surface area contributed by atoms with Crippen LogP contribution in [-0.4, -0.2) is 74.4 Å². The van der Waals surface area contributed by atoms with Gasteiger partial charge in [-0.3, -0.25) is 9.69 Å². The zero-order chi connectivity index (χ0) is 19.3. The molecule has 3 aliphatic rings. The van der Waals surface area contributed by atoms with Gasteiger partial charge in [-0.05, 0) is 44.4 Å². The Morgan fingerprint density at radius 2 is 1.93 bits per heavy atom. The molecule has 5 heteroatoms. The fourth-order valence-electron chi connectivity index (χ4n) is 4.98. The lowest BCUT2D eigenvalue weighted by Crippen LogP contribution is -2.49. The fraction of sp³-hybridized carbons (Fsp3) is 0.864. The molecule has 0 aromatic heterocycles. The average molecular weight is 379 g/mol. The Hall–Kier alpha value is -0.910. The van der Waals surface area contributed by atoms with Crippen LogP contribution in [0.25, 0.3) is 0 Å². The van der Waals surface area contributed by atoms with Gasteiger partial charge in [-0.1, -0.05) is 25.0 Å². The largest absolute Gasteiger partial charge is 0.380 e. The van der Waals surface area contributed by atoms with Gasteiger partial charge in [0, 0.05) is 45.2 Å². The minimum absolute atomic E-state index is 0.211. The number of amides is 1. The molecule has 0 radical (unpaired) electrons.